The second-order valence-electron chi connectivity index (χ2n) is 7.16. The van der Waals surface area contributed by atoms with Crippen LogP contribution in [0.25, 0.3) is 0 Å². The standard InChI is InChI=1S/C23H22ClN3O2S/c24-18-8-3-4-9-19(18)26-23(29)22(28)25-14-20(21-10-5-13-30-21)27-12-11-16-6-1-2-7-17(16)15-27/h1-10,13,20H,11-12,14-15H2,(H,25,28)(H,26,29)/t20-/m0/s1. The van der Waals surface area contributed by atoms with Crippen LogP contribution >= 0.6 is 22.9 Å². The van der Waals surface area contributed by atoms with Crippen molar-refractivity contribution in [1.82, 2.24) is 10.2 Å². The van der Waals surface area contributed by atoms with E-state index in [1.54, 1.807) is 35.6 Å². The van der Waals surface area contributed by atoms with Crippen LogP contribution in [-0.2, 0) is 22.6 Å². The van der Waals surface area contributed by atoms with Gasteiger partial charge in [-0.25, -0.2) is 0 Å². The third-order valence-electron chi connectivity index (χ3n) is 5.26. The minimum Gasteiger partial charge on any atom is -0.346 e. The molecule has 3 aromatic rings. The fraction of sp³-hybridized carbons (Fsp3) is 0.217. The van der Waals surface area contributed by atoms with E-state index in [1.165, 1.54) is 16.0 Å². The molecule has 0 saturated heterocycles. The van der Waals surface area contributed by atoms with E-state index in [0.717, 1.165) is 19.5 Å². The zero-order chi connectivity index (χ0) is 20.9. The highest BCUT2D eigenvalue weighted by Crippen LogP contribution is 2.30. The number of amides is 2. The molecule has 1 aliphatic heterocycles. The van der Waals surface area contributed by atoms with Gasteiger partial charge in [0.2, 0.25) is 0 Å². The highest BCUT2D eigenvalue weighted by Gasteiger charge is 2.27. The van der Waals surface area contributed by atoms with Gasteiger partial charge in [-0.15, -0.1) is 11.3 Å². The average Bonchev–Trinajstić information content (AvgIpc) is 3.30. The third-order valence-corrected chi connectivity index (χ3v) is 6.56. The molecule has 2 amide bonds. The number of rotatable bonds is 5. The second kappa shape index (κ2) is 9.43. The zero-order valence-corrected chi connectivity index (χ0v) is 17.9. The number of carbonyl (C=O) groups is 2. The first-order valence-electron chi connectivity index (χ1n) is 9.80. The van der Waals surface area contributed by atoms with Crippen molar-refractivity contribution in [1.29, 1.82) is 0 Å². The first kappa shape index (κ1) is 20.6. The van der Waals surface area contributed by atoms with Crippen molar-refractivity contribution >= 4 is 40.4 Å². The molecule has 2 N–H and O–H groups in total. The molecule has 0 unspecified atom stereocenters. The SMILES string of the molecule is O=C(NC[C@@H](c1cccs1)N1CCc2ccccc2C1)C(=O)Nc1ccccc1Cl. The van der Waals surface area contributed by atoms with Crippen LogP contribution in [0.1, 0.15) is 22.0 Å². The minimum absolute atomic E-state index is 0.00965. The van der Waals surface area contributed by atoms with Crippen molar-refractivity contribution in [3.8, 4) is 0 Å². The molecule has 7 heteroatoms. The van der Waals surface area contributed by atoms with Gasteiger partial charge < -0.3 is 10.6 Å². The Hall–Kier alpha value is -2.67. The molecular formula is C23H22ClN3O2S. The molecule has 0 spiro atoms. The van der Waals surface area contributed by atoms with Gasteiger partial charge in [0.15, 0.2) is 0 Å². The van der Waals surface area contributed by atoms with Crippen LogP contribution in [0.3, 0.4) is 0 Å². The molecule has 2 heterocycles. The summed E-state index contributed by atoms with van der Waals surface area (Å²) in [5.74, 6) is -1.40. The largest absolute Gasteiger partial charge is 0.346 e. The molecule has 0 radical (unpaired) electrons. The lowest BCUT2D eigenvalue weighted by Gasteiger charge is -2.35. The Labute approximate surface area is 184 Å². The Bertz CT molecular complexity index is 1040. The van der Waals surface area contributed by atoms with Crippen molar-refractivity contribution in [3.63, 3.8) is 0 Å². The number of anilines is 1. The van der Waals surface area contributed by atoms with Gasteiger partial charge in [0.1, 0.15) is 0 Å². The summed E-state index contributed by atoms with van der Waals surface area (Å²) in [4.78, 5) is 28.3. The van der Waals surface area contributed by atoms with E-state index >= 15 is 0 Å². The van der Waals surface area contributed by atoms with Crippen LogP contribution in [0.15, 0.2) is 66.0 Å². The Morgan fingerprint density at radius 2 is 1.77 bits per heavy atom. The van der Waals surface area contributed by atoms with Gasteiger partial charge in [0.25, 0.3) is 0 Å². The Kier molecular flexibility index (Phi) is 6.47. The van der Waals surface area contributed by atoms with E-state index in [9.17, 15) is 9.59 Å². The molecule has 5 nitrogen and oxygen atoms in total. The first-order chi connectivity index (χ1) is 14.6. The summed E-state index contributed by atoms with van der Waals surface area (Å²) in [5, 5.41) is 7.79. The number of fused-ring (bicyclic) bond motifs is 1. The summed E-state index contributed by atoms with van der Waals surface area (Å²) in [5.41, 5.74) is 3.11. The maximum atomic E-state index is 12.4. The van der Waals surface area contributed by atoms with Gasteiger partial charge in [-0.1, -0.05) is 54.1 Å². The van der Waals surface area contributed by atoms with Crippen LogP contribution in [-0.4, -0.2) is 29.8 Å². The summed E-state index contributed by atoms with van der Waals surface area (Å²) in [6.07, 6.45) is 0.971. The molecule has 0 bridgehead atoms. The second-order valence-corrected chi connectivity index (χ2v) is 8.55. The van der Waals surface area contributed by atoms with Crippen molar-refractivity contribution in [3.05, 3.63) is 87.1 Å². The van der Waals surface area contributed by atoms with Crippen LogP contribution in [0.4, 0.5) is 5.69 Å². The maximum absolute atomic E-state index is 12.4. The lowest BCUT2D eigenvalue weighted by Crippen LogP contribution is -2.43. The molecule has 2 aromatic carbocycles. The maximum Gasteiger partial charge on any atom is 0.313 e. The van der Waals surface area contributed by atoms with Crippen molar-refractivity contribution in [2.75, 3.05) is 18.4 Å². The molecule has 1 atom stereocenters. The smallest absolute Gasteiger partial charge is 0.313 e. The van der Waals surface area contributed by atoms with Crippen molar-refractivity contribution in [2.45, 2.75) is 19.0 Å². The van der Waals surface area contributed by atoms with Gasteiger partial charge in [-0.05, 0) is 41.1 Å². The molecule has 0 fully saturated rings. The minimum atomic E-state index is -0.725. The average molecular weight is 440 g/mol. The Balaban J connectivity index is 1.43. The highest BCUT2D eigenvalue weighted by atomic mass is 35.5. The summed E-state index contributed by atoms with van der Waals surface area (Å²) in [6.45, 7) is 2.08. The fourth-order valence-electron chi connectivity index (χ4n) is 3.69. The zero-order valence-electron chi connectivity index (χ0n) is 16.3. The topological polar surface area (TPSA) is 61.4 Å². The lowest BCUT2D eigenvalue weighted by atomic mass is 9.98. The number of para-hydroxylation sites is 1. The number of nitrogens with zero attached hydrogens (tertiary/aromatic N) is 1. The molecule has 1 aliphatic rings. The van der Waals surface area contributed by atoms with Crippen LogP contribution < -0.4 is 10.6 Å². The third kappa shape index (κ3) is 4.73. The molecular weight excluding hydrogens is 418 g/mol. The van der Waals surface area contributed by atoms with Crippen molar-refractivity contribution < 1.29 is 9.59 Å². The van der Waals surface area contributed by atoms with Gasteiger partial charge in [0, 0.05) is 24.5 Å². The predicted octanol–water partition coefficient (Wildman–Crippen LogP) is 4.26. The monoisotopic (exact) mass is 439 g/mol. The number of hydrogen-bond donors (Lipinski definition) is 2. The Morgan fingerprint density at radius 1 is 1.00 bits per heavy atom. The van der Waals surface area contributed by atoms with Gasteiger partial charge in [0.05, 0.1) is 16.8 Å². The number of thiophene rings is 1. The number of hydrogen-bond acceptors (Lipinski definition) is 4. The predicted molar refractivity (Wildman–Crippen MR) is 121 cm³/mol. The number of nitrogens with one attached hydrogen (secondary N) is 2. The normalized spacial score (nSPS) is 14.6. The fourth-order valence-corrected chi connectivity index (χ4v) is 4.73. The molecule has 0 aliphatic carbocycles. The summed E-state index contributed by atoms with van der Waals surface area (Å²) < 4.78 is 0. The highest BCUT2D eigenvalue weighted by molar-refractivity contribution is 7.10. The van der Waals surface area contributed by atoms with Crippen LogP contribution in [0, 0.1) is 0 Å². The van der Waals surface area contributed by atoms with Crippen LogP contribution in [0.2, 0.25) is 5.02 Å². The number of halogens is 1. The van der Waals surface area contributed by atoms with Gasteiger partial charge in [-0.3, -0.25) is 14.5 Å². The lowest BCUT2D eigenvalue weighted by molar-refractivity contribution is -0.136. The van der Waals surface area contributed by atoms with E-state index in [2.05, 4.69) is 45.9 Å². The Morgan fingerprint density at radius 3 is 2.53 bits per heavy atom. The molecule has 1 aromatic heterocycles. The first-order valence-corrected chi connectivity index (χ1v) is 11.1. The molecule has 30 heavy (non-hydrogen) atoms. The number of benzene rings is 2. The van der Waals surface area contributed by atoms with Crippen molar-refractivity contribution in [2.24, 2.45) is 0 Å². The molecule has 0 saturated carbocycles. The van der Waals surface area contributed by atoms with Crippen LogP contribution in [0.5, 0.6) is 0 Å². The van der Waals surface area contributed by atoms with E-state index in [4.69, 9.17) is 11.6 Å². The van der Waals surface area contributed by atoms with Gasteiger partial charge in [-0.2, -0.15) is 0 Å². The van der Waals surface area contributed by atoms with E-state index in [1.807, 2.05) is 11.4 Å². The summed E-state index contributed by atoms with van der Waals surface area (Å²) >= 11 is 7.72. The van der Waals surface area contributed by atoms with E-state index in [-0.39, 0.29) is 6.04 Å². The molecule has 154 valence electrons. The molecule has 4 rings (SSSR count). The number of carbonyl (C=O) groups excluding carboxylic acids is 2. The summed E-state index contributed by atoms with van der Waals surface area (Å²) in [6, 6.07) is 19.4. The van der Waals surface area contributed by atoms with Gasteiger partial charge >= 0.3 is 11.8 Å². The van der Waals surface area contributed by atoms with E-state index in [0.29, 0.717) is 17.3 Å². The summed E-state index contributed by atoms with van der Waals surface area (Å²) in [7, 11) is 0. The quantitative estimate of drug-likeness (QED) is 0.584. The van der Waals surface area contributed by atoms with E-state index < -0.39 is 11.8 Å².